The van der Waals surface area contributed by atoms with Gasteiger partial charge in [0, 0.05) is 18.0 Å². The molecule has 0 unspecified atom stereocenters. The van der Waals surface area contributed by atoms with E-state index < -0.39 is 0 Å². The van der Waals surface area contributed by atoms with E-state index in [0.29, 0.717) is 23.7 Å². The van der Waals surface area contributed by atoms with Crippen LogP contribution >= 0.6 is 24.2 Å². The van der Waals surface area contributed by atoms with Crippen LogP contribution in [0.3, 0.4) is 0 Å². The van der Waals surface area contributed by atoms with Gasteiger partial charge in [-0.2, -0.15) is 12.6 Å². The van der Waals surface area contributed by atoms with E-state index in [-0.39, 0.29) is 5.91 Å². The SMILES string of the molecule is O=C(CCS)NCc1ccc(Cl)cc1. The molecule has 0 fully saturated rings. The third kappa shape index (κ3) is 4.03. The summed E-state index contributed by atoms with van der Waals surface area (Å²) in [5.74, 6) is 0.599. The fraction of sp³-hybridized carbons (Fsp3) is 0.300. The van der Waals surface area contributed by atoms with Crippen LogP contribution in [0.1, 0.15) is 12.0 Å². The lowest BCUT2D eigenvalue weighted by Gasteiger charge is -2.03. The lowest BCUT2D eigenvalue weighted by molar-refractivity contribution is -0.120. The number of benzene rings is 1. The molecule has 0 saturated carbocycles. The second-order valence-electron chi connectivity index (χ2n) is 2.88. The summed E-state index contributed by atoms with van der Waals surface area (Å²) in [4.78, 5) is 11.1. The fourth-order valence-electron chi connectivity index (χ4n) is 0.993. The summed E-state index contributed by atoms with van der Waals surface area (Å²) in [6, 6.07) is 7.40. The number of carbonyl (C=O) groups is 1. The molecule has 0 aliphatic rings. The van der Waals surface area contributed by atoms with Crippen molar-refractivity contribution in [1.82, 2.24) is 5.32 Å². The van der Waals surface area contributed by atoms with Gasteiger partial charge < -0.3 is 5.32 Å². The van der Waals surface area contributed by atoms with Crippen molar-refractivity contribution in [2.45, 2.75) is 13.0 Å². The Hall–Kier alpha value is -0.670. The average molecular weight is 230 g/mol. The number of rotatable bonds is 4. The Morgan fingerprint density at radius 2 is 2.00 bits per heavy atom. The predicted molar refractivity (Wildman–Crippen MR) is 61.8 cm³/mol. The van der Waals surface area contributed by atoms with Crippen LogP contribution in [0.2, 0.25) is 5.02 Å². The van der Waals surface area contributed by atoms with E-state index in [9.17, 15) is 4.79 Å². The van der Waals surface area contributed by atoms with E-state index in [1.165, 1.54) is 0 Å². The highest BCUT2D eigenvalue weighted by Crippen LogP contribution is 2.09. The topological polar surface area (TPSA) is 29.1 Å². The van der Waals surface area contributed by atoms with Gasteiger partial charge in [-0.3, -0.25) is 4.79 Å². The average Bonchev–Trinajstić information content (AvgIpc) is 2.17. The number of amides is 1. The highest BCUT2D eigenvalue weighted by molar-refractivity contribution is 7.80. The minimum Gasteiger partial charge on any atom is -0.352 e. The van der Waals surface area contributed by atoms with Crippen molar-refractivity contribution in [3.05, 3.63) is 34.9 Å². The zero-order valence-electron chi connectivity index (χ0n) is 7.66. The first kappa shape index (κ1) is 11.4. The van der Waals surface area contributed by atoms with Gasteiger partial charge in [0.05, 0.1) is 0 Å². The van der Waals surface area contributed by atoms with Gasteiger partial charge in [-0.05, 0) is 23.4 Å². The van der Waals surface area contributed by atoms with E-state index in [1.807, 2.05) is 24.3 Å². The summed E-state index contributed by atoms with van der Waals surface area (Å²) in [6.07, 6.45) is 0.455. The number of hydrogen-bond donors (Lipinski definition) is 2. The second-order valence-corrected chi connectivity index (χ2v) is 3.76. The van der Waals surface area contributed by atoms with Gasteiger partial charge in [-0.15, -0.1) is 0 Å². The Bertz CT molecular complexity index is 299. The van der Waals surface area contributed by atoms with Gasteiger partial charge in [0.25, 0.3) is 0 Å². The third-order valence-corrected chi connectivity index (χ3v) is 2.22. The number of thiol groups is 1. The van der Waals surface area contributed by atoms with Gasteiger partial charge in [0.15, 0.2) is 0 Å². The van der Waals surface area contributed by atoms with Crippen LogP contribution in [0.4, 0.5) is 0 Å². The smallest absolute Gasteiger partial charge is 0.221 e. The van der Waals surface area contributed by atoms with Gasteiger partial charge in [0.2, 0.25) is 5.91 Å². The number of carbonyl (C=O) groups excluding carboxylic acids is 1. The molecule has 0 radical (unpaired) electrons. The van der Waals surface area contributed by atoms with Crippen LogP contribution in [0.5, 0.6) is 0 Å². The maximum atomic E-state index is 11.1. The predicted octanol–water partition coefficient (Wildman–Crippen LogP) is 2.28. The molecule has 1 N–H and O–H groups in total. The molecule has 4 heteroatoms. The molecule has 0 bridgehead atoms. The number of nitrogens with one attached hydrogen (secondary N) is 1. The summed E-state index contributed by atoms with van der Waals surface area (Å²) in [5, 5.41) is 3.49. The molecule has 14 heavy (non-hydrogen) atoms. The standard InChI is InChI=1S/C10H12ClNOS/c11-9-3-1-8(2-4-9)7-12-10(13)5-6-14/h1-4,14H,5-7H2,(H,12,13). The molecule has 1 aromatic carbocycles. The van der Waals surface area contributed by atoms with Crippen molar-refractivity contribution in [3.63, 3.8) is 0 Å². The lowest BCUT2D eigenvalue weighted by atomic mass is 10.2. The molecule has 0 aliphatic carbocycles. The first-order valence-electron chi connectivity index (χ1n) is 4.34. The summed E-state index contributed by atoms with van der Waals surface area (Å²) in [5.41, 5.74) is 1.04. The highest BCUT2D eigenvalue weighted by atomic mass is 35.5. The van der Waals surface area contributed by atoms with Crippen LogP contribution in [0, 0.1) is 0 Å². The van der Waals surface area contributed by atoms with Crippen molar-refractivity contribution in [1.29, 1.82) is 0 Å². The summed E-state index contributed by atoms with van der Waals surface area (Å²) in [7, 11) is 0. The number of halogens is 1. The van der Waals surface area contributed by atoms with Crippen LogP contribution in [-0.2, 0) is 11.3 Å². The molecule has 0 aliphatic heterocycles. The quantitative estimate of drug-likeness (QED) is 0.763. The molecule has 0 atom stereocenters. The first-order valence-corrected chi connectivity index (χ1v) is 5.35. The molecule has 0 spiro atoms. The highest BCUT2D eigenvalue weighted by Gasteiger charge is 1.98. The van der Waals surface area contributed by atoms with E-state index in [0.717, 1.165) is 5.56 Å². The Morgan fingerprint density at radius 3 is 2.57 bits per heavy atom. The minimum atomic E-state index is 0.0231. The summed E-state index contributed by atoms with van der Waals surface area (Å²) < 4.78 is 0. The second kappa shape index (κ2) is 5.94. The van der Waals surface area contributed by atoms with Gasteiger partial charge in [-0.1, -0.05) is 23.7 Å². The van der Waals surface area contributed by atoms with Crippen LogP contribution < -0.4 is 5.32 Å². The molecule has 2 nitrogen and oxygen atoms in total. The molecule has 76 valence electrons. The fourth-order valence-corrected chi connectivity index (χ4v) is 1.32. The zero-order chi connectivity index (χ0) is 10.4. The van der Waals surface area contributed by atoms with Gasteiger partial charge in [0.1, 0.15) is 0 Å². The monoisotopic (exact) mass is 229 g/mol. The minimum absolute atomic E-state index is 0.0231. The van der Waals surface area contributed by atoms with Crippen molar-refractivity contribution in [2.75, 3.05) is 5.75 Å². The summed E-state index contributed by atoms with van der Waals surface area (Å²) >= 11 is 9.70. The molecule has 0 heterocycles. The van der Waals surface area contributed by atoms with Crippen molar-refractivity contribution >= 4 is 30.1 Å². The third-order valence-electron chi connectivity index (χ3n) is 1.74. The van der Waals surface area contributed by atoms with E-state index in [1.54, 1.807) is 0 Å². The van der Waals surface area contributed by atoms with Gasteiger partial charge >= 0.3 is 0 Å². The molecule has 1 aromatic rings. The molecule has 1 rings (SSSR count). The zero-order valence-corrected chi connectivity index (χ0v) is 9.31. The van der Waals surface area contributed by atoms with E-state index in [4.69, 9.17) is 11.6 Å². The Balaban J connectivity index is 2.38. The van der Waals surface area contributed by atoms with Crippen molar-refractivity contribution < 1.29 is 4.79 Å². The van der Waals surface area contributed by atoms with Crippen molar-refractivity contribution in [2.24, 2.45) is 0 Å². The van der Waals surface area contributed by atoms with Crippen LogP contribution in [0.25, 0.3) is 0 Å². The molecular formula is C10H12ClNOS. The first-order chi connectivity index (χ1) is 6.72. The molecule has 0 aromatic heterocycles. The van der Waals surface area contributed by atoms with Crippen molar-refractivity contribution in [3.8, 4) is 0 Å². The Labute approximate surface area is 94.1 Å². The van der Waals surface area contributed by atoms with Gasteiger partial charge in [-0.25, -0.2) is 0 Å². The molecular weight excluding hydrogens is 218 g/mol. The normalized spacial score (nSPS) is 9.86. The number of hydrogen-bond acceptors (Lipinski definition) is 2. The van der Waals surface area contributed by atoms with E-state index >= 15 is 0 Å². The maximum absolute atomic E-state index is 11.1. The Kier molecular flexibility index (Phi) is 4.84. The van der Waals surface area contributed by atoms with Crippen LogP contribution in [0.15, 0.2) is 24.3 Å². The maximum Gasteiger partial charge on any atom is 0.221 e. The molecule has 1 amide bonds. The largest absolute Gasteiger partial charge is 0.352 e. The summed E-state index contributed by atoms with van der Waals surface area (Å²) in [6.45, 7) is 0.545. The molecule has 0 saturated heterocycles. The van der Waals surface area contributed by atoms with Crippen LogP contribution in [-0.4, -0.2) is 11.7 Å². The Morgan fingerprint density at radius 1 is 1.36 bits per heavy atom. The lowest BCUT2D eigenvalue weighted by Crippen LogP contribution is -2.22. The van der Waals surface area contributed by atoms with E-state index in [2.05, 4.69) is 17.9 Å².